The van der Waals surface area contributed by atoms with Crippen LogP contribution in [-0.2, 0) is 0 Å². The number of carbonyl (C=O) groups excluding carboxylic acids is 1. The van der Waals surface area contributed by atoms with E-state index in [1.54, 1.807) is 24.3 Å². The zero-order chi connectivity index (χ0) is 15.7. The van der Waals surface area contributed by atoms with Crippen molar-refractivity contribution in [2.75, 3.05) is 0 Å². The number of nitrogens with one attached hydrogen (secondary N) is 1. The Morgan fingerprint density at radius 1 is 1.18 bits per heavy atom. The smallest absolute Gasteiger partial charge is 0.295 e. The summed E-state index contributed by atoms with van der Waals surface area (Å²) in [7, 11) is 0. The molecule has 0 saturated carbocycles. The second kappa shape index (κ2) is 5.73. The number of aromatic nitrogens is 1. The van der Waals surface area contributed by atoms with Crippen LogP contribution in [0.25, 0.3) is 10.9 Å². The Kier molecular flexibility index (Phi) is 3.77. The van der Waals surface area contributed by atoms with Gasteiger partial charge in [0.15, 0.2) is 5.69 Å². The molecule has 1 aromatic heterocycles. The van der Waals surface area contributed by atoms with E-state index < -0.39 is 5.91 Å². The van der Waals surface area contributed by atoms with Crippen LogP contribution >= 0.6 is 15.9 Å². The van der Waals surface area contributed by atoms with E-state index in [4.69, 9.17) is 0 Å². The van der Waals surface area contributed by atoms with Crippen LogP contribution in [0.2, 0.25) is 0 Å². The number of aromatic amines is 1. The van der Waals surface area contributed by atoms with E-state index in [2.05, 4.69) is 31.1 Å². The lowest BCUT2D eigenvalue weighted by Crippen LogP contribution is -1.92. The van der Waals surface area contributed by atoms with Gasteiger partial charge in [0.2, 0.25) is 5.88 Å². The average Bonchev–Trinajstić information content (AvgIpc) is 2.83. The first kappa shape index (κ1) is 14.5. The first-order chi connectivity index (χ1) is 10.6. The van der Waals surface area contributed by atoms with E-state index in [1.165, 1.54) is 0 Å². The lowest BCUT2D eigenvalue weighted by Gasteiger charge is -1.95. The number of fused-ring (bicyclic) bond motifs is 1. The Balaban J connectivity index is 1.96. The molecule has 22 heavy (non-hydrogen) atoms. The molecule has 0 aliphatic heterocycles. The summed E-state index contributed by atoms with van der Waals surface area (Å²) >= 11 is 3.31. The second-order valence-electron chi connectivity index (χ2n) is 4.83. The van der Waals surface area contributed by atoms with Gasteiger partial charge in [0, 0.05) is 15.4 Å². The van der Waals surface area contributed by atoms with Crippen molar-refractivity contribution in [1.29, 1.82) is 0 Å². The largest absolute Gasteiger partial charge is 0.493 e. The molecule has 5 nitrogen and oxygen atoms in total. The second-order valence-corrected chi connectivity index (χ2v) is 5.75. The Bertz CT molecular complexity index is 882. The van der Waals surface area contributed by atoms with Crippen molar-refractivity contribution in [1.82, 2.24) is 4.98 Å². The number of azo groups is 1. The van der Waals surface area contributed by atoms with Crippen molar-refractivity contribution in [2.45, 2.75) is 6.92 Å². The lowest BCUT2D eigenvalue weighted by molar-refractivity contribution is 0.0995. The van der Waals surface area contributed by atoms with Crippen LogP contribution in [0, 0.1) is 6.92 Å². The first-order valence-corrected chi connectivity index (χ1v) is 7.37. The molecule has 2 aromatic carbocycles. The summed E-state index contributed by atoms with van der Waals surface area (Å²) in [4.78, 5) is 14.8. The van der Waals surface area contributed by atoms with E-state index in [0.29, 0.717) is 5.56 Å². The summed E-state index contributed by atoms with van der Waals surface area (Å²) in [6.07, 6.45) is 0. The zero-order valence-corrected chi connectivity index (χ0v) is 13.3. The van der Waals surface area contributed by atoms with Crippen LogP contribution < -0.4 is 0 Å². The highest BCUT2D eigenvalue weighted by Crippen LogP contribution is 2.36. The van der Waals surface area contributed by atoms with Crippen LogP contribution in [0.1, 0.15) is 15.9 Å². The number of benzene rings is 2. The molecule has 3 aromatic rings. The Hall–Kier alpha value is -2.47. The SMILES string of the molecule is Cc1cccc2c(N=NC(=O)c3ccc(Br)cc3)c(O)[nH]c12. The van der Waals surface area contributed by atoms with Crippen LogP contribution in [0.3, 0.4) is 0 Å². The van der Waals surface area contributed by atoms with Crippen LogP contribution in [0.5, 0.6) is 5.88 Å². The number of hydrogen-bond donors (Lipinski definition) is 2. The third kappa shape index (κ3) is 2.65. The molecule has 0 aliphatic rings. The molecular formula is C16H12BrN3O2. The summed E-state index contributed by atoms with van der Waals surface area (Å²) in [6, 6.07) is 12.4. The maximum absolute atomic E-state index is 12.0. The highest BCUT2D eigenvalue weighted by Gasteiger charge is 2.12. The highest BCUT2D eigenvalue weighted by molar-refractivity contribution is 9.10. The van der Waals surface area contributed by atoms with E-state index in [0.717, 1.165) is 20.9 Å². The van der Waals surface area contributed by atoms with Crippen molar-refractivity contribution in [3.05, 3.63) is 58.1 Å². The molecule has 1 amide bonds. The molecule has 0 unspecified atom stereocenters. The molecule has 0 aliphatic carbocycles. The van der Waals surface area contributed by atoms with E-state index in [-0.39, 0.29) is 11.6 Å². The van der Waals surface area contributed by atoms with E-state index in [9.17, 15) is 9.90 Å². The van der Waals surface area contributed by atoms with Gasteiger partial charge in [0.1, 0.15) is 0 Å². The maximum atomic E-state index is 12.0. The van der Waals surface area contributed by atoms with Gasteiger partial charge in [0.25, 0.3) is 5.91 Å². The summed E-state index contributed by atoms with van der Waals surface area (Å²) in [5.74, 6) is -0.564. The third-order valence-electron chi connectivity index (χ3n) is 3.33. The van der Waals surface area contributed by atoms with Crippen molar-refractivity contribution < 1.29 is 9.90 Å². The number of aryl methyl sites for hydroxylation is 1. The van der Waals surface area contributed by atoms with Gasteiger partial charge in [-0.2, -0.15) is 0 Å². The number of nitrogens with zero attached hydrogens (tertiary/aromatic N) is 2. The Morgan fingerprint density at radius 2 is 1.91 bits per heavy atom. The Morgan fingerprint density at radius 3 is 2.64 bits per heavy atom. The van der Waals surface area contributed by atoms with E-state index in [1.807, 2.05) is 25.1 Å². The molecule has 2 N–H and O–H groups in total. The summed E-state index contributed by atoms with van der Waals surface area (Å²) in [5.41, 5.74) is 2.46. The quantitative estimate of drug-likeness (QED) is 0.641. The fraction of sp³-hybridized carbons (Fsp3) is 0.0625. The first-order valence-electron chi connectivity index (χ1n) is 6.58. The zero-order valence-electron chi connectivity index (χ0n) is 11.7. The van der Waals surface area contributed by atoms with Crippen LogP contribution in [0.15, 0.2) is 57.2 Å². The minimum Gasteiger partial charge on any atom is -0.493 e. The van der Waals surface area contributed by atoms with Crippen molar-refractivity contribution in [3.63, 3.8) is 0 Å². The van der Waals surface area contributed by atoms with Crippen molar-refractivity contribution in [3.8, 4) is 5.88 Å². The average molecular weight is 358 g/mol. The van der Waals surface area contributed by atoms with E-state index >= 15 is 0 Å². The fourth-order valence-corrected chi connectivity index (χ4v) is 2.45. The minimum atomic E-state index is -0.464. The number of rotatable bonds is 2. The molecule has 0 atom stereocenters. The monoisotopic (exact) mass is 357 g/mol. The molecule has 0 saturated heterocycles. The standard InChI is InChI=1S/C16H12BrN3O2/c1-9-3-2-4-12-13(9)18-16(22)14(12)19-20-15(21)10-5-7-11(17)8-6-10/h2-8,18,22H,1H3. The van der Waals surface area contributed by atoms with Gasteiger partial charge >= 0.3 is 0 Å². The van der Waals surface area contributed by atoms with Gasteiger partial charge in [-0.3, -0.25) is 4.79 Å². The molecule has 0 fully saturated rings. The predicted octanol–water partition coefficient (Wildman–Crippen LogP) is 4.87. The van der Waals surface area contributed by atoms with Crippen molar-refractivity contribution in [2.24, 2.45) is 10.2 Å². The molecule has 3 rings (SSSR count). The molecule has 0 spiro atoms. The molecule has 0 bridgehead atoms. The molecule has 110 valence electrons. The third-order valence-corrected chi connectivity index (χ3v) is 3.86. The number of halogens is 1. The normalized spacial score (nSPS) is 11.4. The summed E-state index contributed by atoms with van der Waals surface area (Å²) in [5, 5.41) is 18.3. The van der Waals surface area contributed by atoms with Gasteiger partial charge < -0.3 is 10.1 Å². The number of aromatic hydroxyl groups is 1. The van der Waals surface area contributed by atoms with Crippen LogP contribution in [0.4, 0.5) is 5.69 Å². The van der Waals surface area contributed by atoms with Gasteiger partial charge in [-0.05, 0) is 36.8 Å². The highest BCUT2D eigenvalue weighted by atomic mass is 79.9. The minimum absolute atomic E-state index is 0.100. The molecule has 0 radical (unpaired) electrons. The number of H-pyrrole nitrogens is 1. The fourth-order valence-electron chi connectivity index (χ4n) is 2.18. The van der Waals surface area contributed by atoms with Gasteiger partial charge in [-0.15, -0.1) is 10.2 Å². The van der Waals surface area contributed by atoms with Crippen LogP contribution in [-0.4, -0.2) is 16.0 Å². The van der Waals surface area contributed by atoms with Crippen molar-refractivity contribution >= 4 is 38.4 Å². The number of para-hydroxylation sites is 1. The molecule has 6 heteroatoms. The predicted molar refractivity (Wildman–Crippen MR) is 87.7 cm³/mol. The lowest BCUT2D eigenvalue weighted by atomic mass is 10.1. The number of amides is 1. The van der Waals surface area contributed by atoms with Gasteiger partial charge in [-0.1, -0.05) is 34.1 Å². The summed E-state index contributed by atoms with van der Waals surface area (Å²) in [6.45, 7) is 1.92. The summed E-state index contributed by atoms with van der Waals surface area (Å²) < 4.78 is 0.880. The molecular weight excluding hydrogens is 346 g/mol. The Labute approximate surface area is 134 Å². The number of carbonyl (C=O) groups is 1. The maximum Gasteiger partial charge on any atom is 0.295 e. The number of hydrogen-bond acceptors (Lipinski definition) is 3. The topological polar surface area (TPSA) is 77.8 Å². The van der Waals surface area contributed by atoms with Gasteiger partial charge in [0.05, 0.1) is 5.52 Å². The molecule has 1 heterocycles. The van der Waals surface area contributed by atoms with Gasteiger partial charge in [-0.25, -0.2) is 0 Å².